The third kappa shape index (κ3) is 3.07. The molecular formula is C7H15N5S2. The van der Waals surface area contributed by atoms with Crippen molar-refractivity contribution in [2.75, 3.05) is 23.9 Å². The van der Waals surface area contributed by atoms with Crippen LogP contribution in [0.3, 0.4) is 0 Å². The Morgan fingerprint density at radius 2 is 2.21 bits per heavy atom. The summed E-state index contributed by atoms with van der Waals surface area (Å²) in [6.45, 7) is 2.72. The van der Waals surface area contributed by atoms with Crippen LogP contribution in [0.1, 0.15) is 12.7 Å². The Hall–Kier alpha value is -0.400. The van der Waals surface area contributed by atoms with E-state index in [-0.39, 0.29) is 0 Å². The third-order valence-corrected chi connectivity index (χ3v) is 3.37. The average molecular weight is 233 g/mol. The number of nitrogens with two attached hydrogens (primary N) is 2. The number of rotatable bonds is 6. The summed E-state index contributed by atoms with van der Waals surface area (Å²) in [7, 11) is 0. The standard InChI is InChI=1S/C7H15N5S2/c1-2-13-5-6-10-11-7(12(6)9)14-4-3-8/h2-5,8-9H2,1H3. The number of nitrogen functional groups attached to an aromatic ring is 1. The van der Waals surface area contributed by atoms with E-state index >= 15 is 0 Å². The molecule has 0 spiro atoms. The van der Waals surface area contributed by atoms with E-state index in [0.29, 0.717) is 6.54 Å². The summed E-state index contributed by atoms with van der Waals surface area (Å²) in [5.74, 6) is 9.30. The van der Waals surface area contributed by atoms with Gasteiger partial charge in [-0.05, 0) is 5.75 Å². The summed E-state index contributed by atoms with van der Waals surface area (Å²) >= 11 is 3.31. The normalized spacial score (nSPS) is 10.7. The summed E-state index contributed by atoms with van der Waals surface area (Å²) in [4.78, 5) is 0. The fourth-order valence-corrected chi connectivity index (χ4v) is 2.07. The van der Waals surface area contributed by atoms with Crippen LogP contribution in [-0.2, 0) is 5.75 Å². The van der Waals surface area contributed by atoms with Gasteiger partial charge in [-0.2, -0.15) is 11.8 Å². The van der Waals surface area contributed by atoms with Crippen LogP contribution in [0.5, 0.6) is 0 Å². The maximum absolute atomic E-state index is 5.80. The zero-order valence-corrected chi connectivity index (χ0v) is 9.77. The molecule has 5 nitrogen and oxygen atoms in total. The van der Waals surface area contributed by atoms with E-state index in [9.17, 15) is 0 Å². The predicted octanol–water partition coefficient (Wildman–Crippen LogP) is 0.296. The molecule has 0 aliphatic rings. The van der Waals surface area contributed by atoms with Crippen LogP contribution in [0, 0.1) is 0 Å². The van der Waals surface area contributed by atoms with Crippen molar-refractivity contribution in [1.82, 2.24) is 14.9 Å². The Balaban J connectivity index is 2.55. The molecule has 0 fully saturated rings. The lowest BCUT2D eigenvalue weighted by molar-refractivity contribution is 0.820. The highest BCUT2D eigenvalue weighted by Gasteiger charge is 2.08. The van der Waals surface area contributed by atoms with E-state index in [0.717, 1.165) is 28.2 Å². The van der Waals surface area contributed by atoms with Gasteiger partial charge in [0.2, 0.25) is 5.16 Å². The topological polar surface area (TPSA) is 82.8 Å². The molecule has 14 heavy (non-hydrogen) atoms. The van der Waals surface area contributed by atoms with Crippen molar-refractivity contribution in [2.45, 2.75) is 17.8 Å². The molecule has 0 bridgehead atoms. The van der Waals surface area contributed by atoms with Crippen LogP contribution in [0.15, 0.2) is 5.16 Å². The van der Waals surface area contributed by atoms with E-state index in [4.69, 9.17) is 11.6 Å². The minimum absolute atomic E-state index is 0.622. The van der Waals surface area contributed by atoms with Crippen molar-refractivity contribution in [3.05, 3.63) is 5.82 Å². The van der Waals surface area contributed by atoms with E-state index in [1.807, 2.05) is 0 Å². The Morgan fingerprint density at radius 3 is 2.86 bits per heavy atom. The fraction of sp³-hybridized carbons (Fsp3) is 0.714. The summed E-state index contributed by atoms with van der Waals surface area (Å²) in [5, 5.41) is 8.74. The van der Waals surface area contributed by atoms with E-state index in [2.05, 4.69) is 17.1 Å². The molecule has 1 aromatic rings. The quantitative estimate of drug-likeness (QED) is 0.543. The molecular weight excluding hydrogens is 218 g/mol. The molecule has 0 radical (unpaired) electrons. The Kier molecular flexibility index (Phi) is 5.13. The zero-order chi connectivity index (χ0) is 10.4. The van der Waals surface area contributed by atoms with Gasteiger partial charge in [0.25, 0.3) is 0 Å². The molecule has 0 amide bonds. The molecule has 1 aromatic heterocycles. The Bertz CT molecular complexity index is 250. The van der Waals surface area contributed by atoms with Gasteiger partial charge in [-0.1, -0.05) is 18.7 Å². The second kappa shape index (κ2) is 6.15. The number of aromatic nitrogens is 3. The van der Waals surface area contributed by atoms with Gasteiger partial charge >= 0.3 is 0 Å². The van der Waals surface area contributed by atoms with Gasteiger partial charge < -0.3 is 11.6 Å². The summed E-state index contributed by atoms with van der Waals surface area (Å²) in [6.07, 6.45) is 0. The largest absolute Gasteiger partial charge is 0.336 e. The van der Waals surface area contributed by atoms with Crippen molar-refractivity contribution in [3.63, 3.8) is 0 Å². The van der Waals surface area contributed by atoms with Gasteiger partial charge in [-0.15, -0.1) is 10.2 Å². The molecule has 0 saturated heterocycles. The Labute approximate surface area is 92.0 Å². The van der Waals surface area contributed by atoms with E-state index in [1.165, 1.54) is 11.8 Å². The number of hydrogen-bond donors (Lipinski definition) is 2. The first-order valence-corrected chi connectivity index (χ1v) is 6.53. The lowest BCUT2D eigenvalue weighted by atomic mass is 10.7. The fourth-order valence-electron chi connectivity index (χ4n) is 0.848. The molecule has 4 N–H and O–H groups in total. The van der Waals surface area contributed by atoms with Gasteiger partial charge in [0.1, 0.15) is 0 Å². The van der Waals surface area contributed by atoms with Gasteiger partial charge in [0.15, 0.2) is 5.82 Å². The van der Waals surface area contributed by atoms with Gasteiger partial charge in [-0.3, -0.25) is 0 Å². The SMILES string of the molecule is CCSCc1nnc(SCCN)n1N. The first-order chi connectivity index (χ1) is 6.79. The maximum Gasteiger partial charge on any atom is 0.209 e. The average Bonchev–Trinajstić information content (AvgIpc) is 2.54. The van der Waals surface area contributed by atoms with Gasteiger partial charge in [0.05, 0.1) is 5.75 Å². The highest BCUT2D eigenvalue weighted by molar-refractivity contribution is 7.99. The summed E-state index contributed by atoms with van der Waals surface area (Å²) in [6, 6.07) is 0. The van der Waals surface area contributed by atoms with Crippen LogP contribution in [0.2, 0.25) is 0 Å². The van der Waals surface area contributed by atoms with Crippen molar-refractivity contribution in [1.29, 1.82) is 0 Å². The van der Waals surface area contributed by atoms with E-state index in [1.54, 1.807) is 16.4 Å². The van der Waals surface area contributed by atoms with Crippen LogP contribution >= 0.6 is 23.5 Å². The van der Waals surface area contributed by atoms with Crippen molar-refractivity contribution in [3.8, 4) is 0 Å². The second-order valence-corrected chi connectivity index (χ2v) is 4.88. The molecule has 0 unspecified atom stereocenters. The predicted molar refractivity (Wildman–Crippen MR) is 61.8 cm³/mol. The smallest absolute Gasteiger partial charge is 0.209 e. The monoisotopic (exact) mass is 233 g/mol. The van der Waals surface area contributed by atoms with Crippen LogP contribution in [0.25, 0.3) is 0 Å². The maximum atomic E-state index is 5.80. The second-order valence-electron chi connectivity index (χ2n) is 2.54. The molecule has 80 valence electrons. The number of hydrogen-bond acceptors (Lipinski definition) is 6. The van der Waals surface area contributed by atoms with Crippen molar-refractivity contribution < 1.29 is 0 Å². The molecule has 7 heteroatoms. The van der Waals surface area contributed by atoms with Crippen LogP contribution in [-0.4, -0.2) is 32.9 Å². The minimum Gasteiger partial charge on any atom is -0.336 e. The molecule has 1 rings (SSSR count). The third-order valence-electron chi connectivity index (χ3n) is 1.52. The minimum atomic E-state index is 0.622. The molecule has 0 aliphatic carbocycles. The highest BCUT2D eigenvalue weighted by Crippen LogP contribution is 2.16. The van der Waals surface area contributed by atoms with Crippen molar-refractivity contribution >= 4 is 23.5 Å². The van der Waals surface area contributed by atoms with Gasteiger partial charge in [-0.25, -0.2) is 4.68 Å². The number of thioether (sulfide) groups is 2. The lowest BCUT2D eigenvalue weighted by Crippen LogP contribution is -2.14. The Morgan fingerprint density at radius 1 is 1.43 bits per heavy atom. The first kappa shape index (κ1) is 11.7. The molecule has 0 saturated carbocycles. The lowest BCUT2D eigenvalue weighted by Gasteiger charge is -2.01. The molecule has 0 aromatic carbocycles. The highest BCUT2D eigenvalue weighted by atomic mass is 32.2. The van der Waals surface area contributed by atoms with E-state index < -0.39 is 0 Å². The molecule has 0 aliphatic heterocycles. The summed E-state index contributed by atoms with van der Waals surface area (Å²) < 4.78 is 1.54. The van der Waals surface area contributed by atoms with Crippen LogP contribution < -0.4 is 11.6 Å². The number of nitrogens with zero attached hydrogens (tertiary/aromatic N) is 3. The zero-order valence-electron chi connectivity index (χ0n) is 8.14. The molecule has 0 atom stereocenters. The first-order valence-electron chi connectivity index (χ1n) is 4.39. The van der Waals surface area contributed by atoms with Crippen molar-refractivity contribution in [2.24, 2.45) is 5.73 Å². The van der Waals surface area contributed by atoms with Crippen LogP contribution in [0.4, 0.5) is 0 Å². The van der Waals surface area contributed by atoms with Gasteiger partial charge in [0, 0.05) is 12.3 Å². The summed E-state index contributed by atoms with van der Waals surface area (Å²) in [5.41, 5.74) is 5.39. The molecule has 1 heterocycles.